The second-order valence-corrected chi connectivity index (χ2v) is 5.52. The molecule has 0 spiro atoms. The van der Waals surface area contributed by atoms with E-state index in [0.29, 0.717) is 12.5 Å². The van der Waals surface area contributed by atoms with Crippen LogP contribution < -0.4 is 10.6 Å². The predicted octanol–water partition coefficient (Wildman–Crippen LogP) is 1.89. The second-order valence-electron chi connectivity index (χ2n) is 5.52. The number of aliphatic hydroxyl groups excluding tert-OH is 1. The minimum Gasteiger partial charge on any atom is -0.392 e. The summed E-state index contributed by atoms with van der Waals surface area (Å²) in [6.07, 6.45) is 3.72. The second kappa shape index (κ2) is 7.41. The number of carbonyl (C=O) groups is 1. The van der Waals surface area contributed by atoms with Crippen molar-refractivity contribution in [3.8, 4) is 0 Å². The van der Waals surface area contributed by atoms with Crippen molar-refractivity contribution in [2.45, 2.75) is 51.3 Å². The highest BCUT2D eigenvalue weighted by Crippen LogP contribution is 2.18. The summed E-state index contributed by atoms with van der Waals surface area (Å²) in [5, 5.41) is 15.5. The van der Waals surface area contributed by atoms with Gasteiger partial charge in [0.15, 0.2) is 0 Å². The van der Waals surface area contributed by atoms with Crippen LogP contribution in [-0.2, 0) is 11.4 Å². The molecule has 0 bridgehead atoms. The van der Waals surface area contributed by atoms with Gasteiger partial charge in [-0.2, -0.15) is 0 Å². The summed E-state index contributed by atoms with van der Waals surface area (Å²) in [6.45, 7) is 2.99. The average Bonchev–Trinajstić information content (AvgIpc) is 3.27. The van der Waals surface area contributed by atoms with Gasteiger partial charge in [-0.05, 0) is 43.9 Å². The van der Waals surface area contributed by atoms with Gasteiger partial charge in [0.2, 0.25) is 5.91 Å². The number of nitrogens with one attached hydrogen (secondary N) is 2. The van der Waals surface area contributed by atoms with Gasteiger partial charge >= 0.3 is 0 Å². The van der Waals surface area contributed by atoms with Gasteiger partial charge in [0.05, 0.1) is 6.61 Å². The highest BCUT2D eigenvalue weighted by molar-refractivity contribution is 5.76. The first-order valence-electron chi connectivity index (χ1n) is 7.41. The Hall–Kier alpha value is -1.39. The lowest BCUT2D eigenvalue weighted by Gasteiger charge is -2.15. The van der Waals surface area contributed by atoms with Crippen molar-refractivity contribution in [1.82, 2.24) is 10.6 Å². The van der Waals surface area contributed by atoms with Crippen LogP contribution in [0, 0.1) is 0 Å². The zero-order chi connectivity index (χ0) is 14.4. The zero-order valence-electron chi connectivity index (χ0n) is 12.1. The molecule has 0 radical (unpaired) electrons. The summed E-state index contributed by atoms with van der Waals surface area (Å²) in [6, 6.07) is 8.62. The molecule has 0 heterocycles. The maximum atomic E-state index is 11.5. The molecule has 1 atom stereocenters. The molecule has 1 saturated carbocycles. The molecule has 2 rings (SSSR count). The first-order valence-corrected chi connectivity index (χ1v) is 7.41. The molecule has 1 aliphatic carbocycles. The number of carbonyl (C=O) groups excluding carboxylic acids is 1. The summed E-state index contributed by atoms with van der Waals surface area (Å²) >= 11 is 0. The van der Waals surface area contributed by atoms with E-state index in [9.17, 15) is 4.79 Å². The Balaban J connectivity index is 1.65. The fourth-order valence-electron chi connectivity index (χ4n) is 2.17. The van der Waals surface area contributed by atoms with Gasteiger partial charge in [0.25, 0.3) is 0 Å². The molecule has 20 heavy (non-hydrogen) atoms. The van der Waals surface area contributed by atoms with Crippen LogP contribution in [0.25, 0.3) is 0 Å². The van der Waals surface area contributed by atoms with E-state index in [-0.39, 0.29) is 18.6 Å². The molecule has 1 aromatic carbocycles. The van der Waals surface area contributed by atoms with E-state index in [1.807, 2.05) is 18.2 Å². The highest BCUT2D eigenvalue weighted by Gasteiger charge is 2.22. The Morgan fingerprint density at radius 3 is 2.95 bits per heavy atom. The average molecular weight is 276 g/mol. The van der Waals surface area contributed by atoms with Crippen LogP contribution in [0.4, 0.5) is 0 Å². The van der Waals surface area contributed by atoms with Gasteiger partial charge in [0, 0.05) is 18.5 Å². The lowest BCUT2D eigenvalue weighted by Crippen LogP contribution is -2.27. The first-order chi connectivity index (χ1) is 9.69. The summed E-state index contributed by atoms with van der Waals surface area (Å²) in [5.41, 5.74) is 2.10. The molecule has 1 aromatic rings. The Bertz CT molecular complexity index is 444. The Labute approximate surface area is 120 Å². The molecule has 0 saturated heterocycles. The number of hydrogen-bond acceptors (Lipinski definition) is 3. The summed E-state index contributed by atoms with van der Waals surface area (Å²) < 4.78 is 0. The van der Waals surface area contributed by atoms with Crippen LogP contribution in [0.1, 0.15) is 49.8 Å². The van der Waals surface area contributed by atoms with Crippen molar-refractivity contribution in [2.75, 3.05) is 6.54 Å². The number of amides is 1. The van der Waals surface area contributed by atoms with Gasteiger partial charge in [-0.15, -0.1) is 0 Å². The largest absolute Gasteiger partial charge is 0.392 e. The van der Waals surface area contributed by atoms with Gasteiger partial charge in [-0.3, -0.25) is 4.79 Å². The Morgan fingerprint density at radius 1 is 1.45 bits per heavy atom. The third-order valence-corrected chi connectivity index (χ3v) is 3.61. The highest BCUT2D eigenvalue weighted by atomic mass is 16.3. The maximum absolute atomic E-state index is 11.5. The van der Waals surface area contributed by atoms with Crippen LogP contribution in [0.15, 0.2) is 24.3 Å². The number of hydrogen-bond donors (Lipinski definition) is 3. The number of aliphatic hydroxyl groups is 1. The summed E-state index contributed by atoms with van der Waals surface area (Å²) in [7, 11) is 0. The van der Waals surface area contributed by atoms with E-state index >= 15 is 0 Å². The monoisotopic (exact) mass is 276 g/mol. The lowest BCUT2D eigenvalue weighted by molar-refractivity contribution is -0.121. The van der Waals surface area contributed by atoms with Crippen molar-refractivity contribution < 1.29 is 9.90 Å². The lowest BCUT2D eigenvalue weighted by atomic mass is 10.1. The van der Waals surface area contributed by atoms with E-state index in [0.717, 1.165) is 31.4 Å². The van der Waals surface area contributed by atoms with Crippen molar-refractivity contribution in [2.24, 2.45) is 0 Å². The van der Waals surface area contributed by atoms with Crippen LogP contribution in [-0.4, -0.2) is 23.6 Å². The van der Waals surface area contributed by atoms with Crippen LogP contribution in [0.5, 0.6) is 0 Å². The molecule has 1 fully saturated rings. The fourth-order valence-corrected chi connectivity index (χ4v) is 2.17. The normalized spacial score (nSPS) is 15.9. The zero-order valence-corrected chi connectivity index (χ0v) is 12.1. The van der Waals surface area contributed by atoms with Crippen molar-refractivity contribution in [3.63, 3.8) is 0 Å². The molecule has 4 heteroatoms. The van der Waals surface area contributed by atoms with Crippen molar-refractivity contribution in [3.05, 3.63) is 35.4 Å². The van der Waals surface area contributed by atoms with E-state index < -0.39 is 0 Å². The van der Waals surface area contributed by atoms with Gasteiger partial charge in [0.1, 0.15) is 0 Å². The van der Waals surface area contributed by atoms with Gasteiger partial charge in [-0.25, -0.2) is 0 Å². The molecule has 1 aliphatic rings. The Morgan fingerprint density at radius 2 is 2.25 bits per heavy atom. The molecule has 3 N–H and O–H groups in total. The maximum Gasteiger partial charge on any atom is 0.220 e. The predicted molar refractivity (Wildman–Crippen MR) is 79.2 cm³/mol. The van der Waals surface area contributed by atoms with Crippen LogP contribution >= 0.6 is 0 Å². The molecule has 0 aliphatic heterocycles. The Kier molecular flexibility index (Phi) is 5.56. The van der Waals surface area contributed by atoms with E-state index in [4.69, 9.17) is 5.11 Å². The third kappa shape index (κ3) is 4.94. The van der Waals surface area contributed by atoms with E-state index in [1.54, 1.807) is 0 Å². The molecular weight excluding hydrogens is 252 g/mol. The van der Waals surface area contributed by atoms with Crippen LogP contribution in [0.3, 0.4) is 0 Å². The molecule has 1 amide bonds. The van der Waals surface area contributed by atoms with Gasteiger partial charge < -0.3 is 15.7 Å². The molecule has 110 valence electrons. The minimum absolute atomic E-state index is 0.0713. The molecule has 1 unspecified atom stereocenters. The smallest absolute Gasteiger partial charge is 0.220 e. The van der Waals surface area contributed by atoms with E-state index in [1.165, 1.54) is 5.56 Å². The van der Waals surface area contributed by atoms with E-state index in [2.05, 4.69) is 23.6 Å². The molecule has 0 aromatic heterocycles. The standard InChI is InChI=1S/C16H24N2O2/c1-12(14-5-2-4-13(10-14)11-19)17-9-3-6-16(20)18-15-7-8-15/h2,4-5,10,12,15,17,19H,3,6-9,11H2,1H3,(H,18,20). The first kappa shape index (κ1) is 15.0. The number of benzene rings is 1. The number of rotatable bonds is 8. The summed E-state index contributed by atoms with van der Waals surface area (Å²) in [5.74, 6) is 0.171. The SMILES string of the molecule is CC(NCCCC(=O)NC1CC1)c1cccc(CO)c1. The molecular formula is C16H24N2O2. The topological polar surface area (TPSA) is 61.4 Å². The van der Waals surface area contributed by atoms with Crippen molar-refractivity contribution >= 4 is 5.91 Å². The van der Waals surface area contributed by atoms with Crippen molar-refractivity contribution in [1.29, 1.82) is 0 Å². The quantitative estimate of drug-likeness (QED) is 0.635. The third-order valence-electron chi connectivity index (χ3n) is 3.61. The summed E-state index contributed by atoms with van der Waals surface area (Å²) in [4.78, 5) is 11.5. The minimum atomic E-state index is 0.0713. The van der Waals surface area contributed by atoms with Crippen LogP contribution in [0.2, 0.25) is 0 Å². The van der Waals surface area contributed by atoms with Gasteiger partial charge in [-0.1, -0.05) is 24.3 Å². The molecule has 4 nitrogen and oxygen atoms in total. The fraction of sp³-hybridized carbons (Fsp3) is 0.562.